The van der Waals surface area contributed by atoms with Gasteiger partial charge >= 0.3 is 0 Å². The third-order valence-electron chi connectivity index (χ3n) is 7.29. The van der Waals surface area contributed by atoms with E-state index in [1.165, 1.54) is 39.0 Å². The Bertz CT molecular complexity index is 1360. The van der Waals surface area contributed by atoms with Crippen molar-refractivity contribution in [3.63, 3.8) is 0 Å². The predicted molar refractivity (Wildman–Crippen MR) is 150 cm³/mol. The molecule has 1 saturated heterocycles. The largest absolute Gasteiger partial charge is 0.333 e. The van der Waals surface area contributed by atoms with Gasteiger partial charge < -0.3 is 4.57 Å². The summed E-state index contributed by atoms with van der Waals surface area (Å²) in [5.74, 6) is 0. The lowest BCUT2D eigenvalue weighted by Gasteiger charge is -2.29. The second kappa shape index (κ2) is 10.3. The molecule has 1 aliphatic heterocycles. The van der Waals surface area contributed by atoms with Crippen LogP contribution in [-0.2, 0) is 6.54 Å². The van der Waals surface area contributed by atoms with E-state index in [-0.39, 0.29) is 0 Å². The molecular formula is C33H31N3. The zero-order valence-corrected chi connectivity index (χ0v) is 20.6. The number of rotatable bonds is 5. The van der Waals surface area contributed by atoms with E-state index in [1.54, 1.807) is 5.57 Å². The molecule has 3 nitrogen and oxygen atoms in total. The van der Waals surface area contributed by atoms with Gasteiger partial charge in [-0.2, -0.15) is 0 Å². The molecule has 3 aromatic carbocycles. The SMILES string of the molecule is C(=Cc1ccc(Cn2ccnc2)cc1)CN1CCC(=C2c3ccccc3C=Cc3ccccc32)CC1. The lowest BCUT2D eigenvalue weighted by Crippen LogP contribution is -2.31. The van der Waals surface area contributed by atoms with E-state index in [0.717, 1.165) is 39.0 Å². The molecular weight excluding hydrogens is 438 g/mol. The summed E-state index contributed by atoms with van der Waals surface area (Å²) < 4.78 is 2.09. The minimum absolute atomic E-state index is 0.862. The number of likely N-dealkylation sites (tertiary alicyclic amines) is 1. The summed E-state index contributed by atoms with van der Waals surface area (Å²) in [7, 11) is 0. The first kappa shape index (κ1) is 22.5. The van der Waals surface area contributed by atoms with Crippen LogP contribution in [0.4, 0.5) is 0 Å². The van der Waals surface area contributed by atoms with Crippen LogP contribution in [0.25, 0.3) is 23.8 Å². The normalized spacial score (nSPS) is 15.7. The quantitative estimate of drug-likeness (QED) is 0.276. The second-order valence-electron chi connectivity index (χ2n) is 9.67. The predicted octanol–water partition coefficient (Wildman–Crippen LogP) is 7.03. The summed E-state index contributed by atoms with van der Waals surface area (Å²) in [6.45, 7) is 4.06. The van der Waals surface area contributed by atoms with E-state index in [2.05, 4.69) is 112 Å². The van der Waals surface area contributed by atoms with Crippen molar-refractivity contribution in [2.75, 3.05) is 19.6 Å². The standard InChI is InChI=1S/C33H31N3/c1-3-9-31-28(7-1)15-16-29-8-2-4-10-32(29)33(31)30-17-21-35(22-18-30)20-5-6-26-11-13-27(14-12-26)24-36-23-19-34-25-36/h1-16,19,23,25H,17-18,20-22,24H2. The molecule has 0 amide bonds. The molecule has 0 spiro atoms. The van der Waals surface area contributed by atoms with Crippen LogP contribution in [-0.4, -0.2) is 34.1 Å². The van der Waals surface area contributed by atoms with E-state index in [9.17, 15) is 0 Å². The van der Waals surface area contributed by atoms with E-state index in [0.29, 0.717) is 0 Å². The van der Waals surface area contributed by atoms with E-state index < -0.39 is 0 Å². The van der Waals surface area contributed by atoms with E-state index >= 15 is 0 Å². The number of hydrogen-bond acceptors (Lipinski definition) is 2. The van der Waals surface area contributed by atoms with Crippen LogP contribution in [0.1, 0.15) is 46.2 Å². The molecule has 0 atom stereocenters. The molecule has 2 heterocycles. The lowest BCUT2D eigenvalue weighted by molar-refractivity contribution is 0.284. The zero-order valence-electron chi connectivity index (χ0n) is 20.6. The Morgan fingerprint density at radius 2 is 1.44 bits per heavy atom. The Morgan fingerprint density at radius 3 is 2.08 bits per heavy atom. The number of aromatic nitrogens is 2. The van der Waals surface area contributed by atoms with Gasteiger partial charge in [-0.3, -0.25) is 4.90 Å². The summed E-state index contributed by atoms with van der Waals surface area (Å²) in [6, 6.07) is 26.5. The number of fused-ring (bicyclic) bond motifs is 2. The fourth-order valence-electron chi connectivity index (χ4n) is 5.36. The highest BCUT2D eigenvalue weighted by Gasteiger charge is 2.22. The molecule has 178 valence electrons. The van der Waals surface area contributed by atoms with Crippen LogP contribution in [0.15, 0.2) is 103 Å². The maximum Gasteiger partial charge on any atom is 0.0949 e. The molecule has 1 fully saturated rings. The van der Waals surface area contributed by atoms with Crippen molar-refractivity contribution < 1.29 is 0 Å². The highest BCUT2D eigenvalue weighted by Crippen LogP contribution is 2.38. The van der Waals surface area contributed by atoms with Crippen molar-refractivity contribution >= 4 is 23.8 Å². The molecule has 36 heavy (non-hydrogen) atoms. The summed E-state index contributed by atoms with van der Waals surface area (Å²) in [5.41, 5.74) is 11.0. The monoisotopic (exact) mass is 469 g/mol. The molecule has 3 heteroatoms. The van der Waals surface area contributed by atoms with Gasteiger partial charge in [0.2, 0.25) is 0 Å². The average Bonchev–Trinajstić information content (AvgIpc) is 3.37. The third kappa shape index (κ3) is 4.89. The topological polar surface area (TPSA) is 21.1 Å². The number of hydrogen-bond donors (Lipinski definition) is 0. The Balaban J connectivity index is 1.12. The van der Waals surface area contributed by atoms with Crippen molar-refractivity contribution in [1.29, 1.82) is 0 Å². The first-order valence-electron chi connectivity index (χ1n) is 12.9. The maximum atomic E-state index is 4.12. The Labute approximate surface area is 213 Å². The van der Waals surface area contributed by atoms with Crippen LogP contribution < -0.4 is 0 Å². The average molecular weight is 470 g/mol. The number of imidazole rings is 1. The van der Waals surface area contributed by atoms with Crippen molar-refractivity contribution in [2.24, 2.45) is 0 Å². The number of piperidine rings is 1. The molecule has 0 unspecified atom stereocenters. The molecule has 0 saturated carbocycles. The molecule has 4 aromatic rings. The van der Waals surface area contributed by atoms with Gasteiger partial charge in [-0.15, -0.1) is 0 Å². The maximum absolute atomic E-state index is 4.12. The molecule has 6 rings (SSSR count). The van der Waals surface area contributed by atoms with Crippen molar-refractivity contribution in [3.8, 4) is 0 Å². The van der Waals surface area contributed by atoms with E-state index in [1.807, 2.05) is 18.7 Å². The van der Waals surface area contributed by atoms with Crippen LogP contribution in [0.5, 0.6) is 0 Å². The smallest absolute Gasteiger partial charge is 0.0949 e. The van der Waals surface area contributed by atoms with Gasteiger partial charge in [-0.25, -0.2) is 4.98 Å². The minimum atomic E-state index is 0.862. The summed E-state index contributed by atoms with van der Waals surface area (Å²) >= 11 is 0. The number of benzene rings is 3. The number of nitrogens with zero attached hydrogens (tertiary/aromatic N) is 3. The van der Waals surface area contributed by atoms with Gasteiger partial charge in [0.25, 0.3) is 0 Å². The summed E-state index contributed by atoms with van der Waals surface area (Å²) in [6.07, 6.45) is 17.0. The Morgan fingerprint density at radius 1 is 0.778 bits per heavy atom. The molecule has 2 aliphatic rings. The second-order valence-corrected chi connectivity index (χ2v) is 9.67. The summed E-state index contributed by atoms with van der Waals surface area (Å²) in [4.78, 5) is 6.69. The van der Waals surface area contributed by atoms with Crippen LogP contribution in [0.2, 0.25) is 0 Å². The van der Waals surface area contributed by atoms with Gasteiger partial charge in [-0.05, 0) is 51.8 Å². The molecule has 0 N–H and O–H groups in total. The van der Waals surface area contributed by atoms with Gasteiger partial charge in [0.05, 0.1) is 6.33 Å². The van der Waals surface area contributed by atoms with Crippen molar-refractivity contribution in [2.45, 2.75) is 19.4 Å². The van der Waals surface area contributed by atoms with Crippen LogP contribution >= 0.6 is 0 Å². The van der Waals surface area contributed by atoms with Crippen molar-refractivity contribution in [3.05, 3.63) is 137 Å². The molecule has 1 aromatic heterocycles. The lowest BCUT2D eigenvalue weighted by atomic mass is 9.86. The molecule has 0 bridgehead atoms. The van der Waals surface area contributed by atoms with Gasteiger partial charge in [0.15, 0.2) is 0 Å². The van der Waals surface area contributed by atoms with Gasteiger partial charge in [-0.1, -0.05) is 103 Å². The van der Waals surface area contributed by atoms with Crippen molar-refractivity contribution in [1.82, 2.24) is 14.5 Å². The highest BCUT2D eigenvalue weighted by atomic mass is 15.1. The molecule has 0 radical (unpaired) electrons. The first-order valence-corrected chi connectivity index (χ1v) is 12.9. The Kier molecular flexibility index (Phi) is 6.47. The van der Waals surface area contributed by atoms with E-state index in [4.69, 9.17) is 0 Å². The fourth-order valence-corrected chi connectivity index (χ4v) is 5.36. The molecule has 1 aliphatic carbocycles. The fraction of sp³-hybridized carbons (Fsp3) is 0.182. The first-order chi connectivity index (χ1) is 17.8. The highest BCUT2D eigenvalue weighted by molar-refractivity contribution is 5.94. The summed E-state index contributed by atoms with van der Waals surface area (Å²) in [5, 5.41) is 0. The Hall–Kier alpha value is -3.95. The van der Waals surface area contributed by atoms with Gasteiger partial charge in [0.1, 0.15) is 0 Å². The third-order valence-corrected chi connectivity index (χ3v) is 7.29. The minimum Gasteiger partial charge on any atom is -0.333 e. The van der Waals surface area contributed by atoms with Crippen LogP contribution in [0, 0.1) is 0 Å². The van der Waals surface area contributed by atoms with Crippen LogP contribution in [0.3, 0.4) is 0 Å². The van der Waals surface area contributed by atoms with Gasteiger partial charge in [0, 0.05) is 38.6 Å². The zero-order chi connectivity index (χ0) is 24.2.